The molecular weight excluding hydrogens is 276 g/mol. The molecule has 0 aliphatic heterocycles. The maximum atomic E-state index is 10.7. The number of anilines is 1. The summed E-state index contributed by atoms with van der Waals surface area (Å²) in [6, 6.07) is 4.45. The van der Waals surface area contributed by atoms with Crippen molar-refractivity contribution < 1.29 is 9.90 Å². The van der Waals surface area contributed by atoms with Crippen LogP contribution in [-0.2, 0) is 0 Å². The molecule has 0 bridgehead atoms. The molecule has 0 atom stereocenters. The normalized spacial score (nSPS) is 10.4. The van der Waals surface area contributed by atoms with Gasteiger partial charge in [-0.25, -0.2) is 0 Å². The van der Waals surface area contributed by atoms with E-state index >= 15 is 0 Å². The van der Waals surface area contributed by atoms with Gasteiger partial charge < -0.3 is 0 Å². The quantitative estimate of drug-likeness (QED) is 0.631. The van der Waals surface area contributed by atoms with Gasteiger partial charge >= 0.3 is 88.1 Å². The number of carboxylic acid groups (broad SMARTS) is 1. The Kier molecular flexibility index (Phi) is 3.48. The Morgan fingerprint density at radius 2 is 2.08 bits per heavy atom. The molecule has 70 valence electrons. The van der Waals surface area contributed by atoms with Crippen molar-refractivity contribution in [2.24, 2.45) is 0 Å². The van der Waals surface area contributed by atoms with Gasteiger partial charge in [0.25, 0.3) is 0 Å². The van der Waals surface area contributed by atoms with Gasteiger partial charge in [-0.3, -0.25) is 0 Å². The standard InChI is InChI=1S/C7H6AsCl2NO2/c9-8(10)6-3-4(11)1-2-5(6)7(12)13/h1-3H,11H2,(H,12,13). The predicted molar refractivity (Wildman–Crippen MR) is 54.9 cm³/mol. The summed E-state index contributed by atoms with van der Waals surface area (Å²) in [7, 11) is 11.4. The van der Waals surface area contributed by atoms with Gasteiger partial charge in [0, 0.05) is 0 Å². The second kappa shape index (κ2) is 4.23. The molecule has 0 aromatic heterocycles. The molecule has 0 aliphatic rings. The van der Waals surface area contributed by atoms with E-state index in [1.54, 1.807) is 0 Å². The van der Waals surface area contributed by atoms with Gasteiger partial charge in [-0.05, 0) is 0 Å². The number of rotatable bonds is 2. The third-order valence-electron chi connectivity index (χ3n) is 1.43. The van der Waals surface area contributed by atoms with Crippen LogP contribution in [0.25, 0.3) is 0 Å². The molecule has 3 N–H and O–H groups in total. The SMILES string of the molecule is Nc1ccc(C(=O)O)c([As](Cl)Cl)c1. The Morgan fingerprint density at radius 1 is 1.46 bits per heavy atom. The molecule has 0 saturated heterocycles. The molecule has 0 amide bonds. The van der Waals surface area contributed by atoms with Crippen LogP contribution in [-0.4, -0.2) is 23.8 Å². The van der Waals surface area contributed by atoms with Crippen molar-refractivity contribution >= 4 is 48.7 Å². The Bertz CT molecular complexity index is 343. The van der Waals surface area contributed by atoms with E-state index in [2.05, 4.69) is 0 Å². The fraction of sp³-hybridized carbons (Fsp3) is 0. The zero-order valence-electron chi connectivity index (χ0n) is 6.37. The van der Waals surface area contributed by atoms with Crippen LogP contribution < -0.4 is 10.1 Å². The topological polar surface area (TPSA) is 63.3 Å². The maximum absolute atomic E-state index is 10.7. The minimum absolute atomic E-state index is 0.138. The number of carboxylic acids is 1. The fourth-order valence-corrected chi connectivity index (χ4v) is 3.58. The van der Waals surface area contributed by atoms with Crippen molar-refractivity contribution in [2.75, 3.05) is 5.73 Å². The van der Waals surface area contributed by atoms with Crippen molar-refractivity contribution in [2.45, 2.75) is 0 Å². The molecular formula is C7H6AsCl2NO2. The summed E-state index contributed by atoms with van der Waals surface area (Å²) in [6.07, 6.45) is 0. The van der Waals surface area contributed by atoms with Crippen LogP contribution >= 0.6 is 19.9 Å². The number of hydrogen-bond acceptors (Lipinski definition) is 2. The number of aromatic carboxylic acids is 1. The molecule has 0 radical (unpaired) electrons. The number of nitrogens with two attached hydrogens (primary N) is 1. The zero-order chi connectivity index (χ0) is 10.0. The summed E-state index contributed by atoms with van der Waals surface area (Å²) in [4.78, 5) is 10.7. The molecule has 1 aromatic rings. The molecule has 13 heavy (non-hydrogen) atoms. The second-order valence-electron chi connectivity index (χ2n) is 2.31. The van der Waals surface area contributed by atoms with E-state index < -0.39 is 18.7 Å². The van der Waals surface area contributed by atoms with E-state index in [0.717, 1.165) is 0 Å². The minimum atomic E-state index is -2.23. The first kappa shape index (κ1) is 10.7. The first-order valence-electron chi connectivity index (χ1n) is 3.27. The van der Waals surface area contributed by atoms with E-state index in [-0.39, 0.29) is 5.56 Å². The average molecular weight is 282 g/mol. The Hall–Kier alpha value is -0.372. The summed E-state index contributed by atoms with van der Waals surface area (Å²) in [5.41, 5.74) is 6.09. The number of hydrogen-bond donors (Lipinski definition) is 2. The number of benzene rings is 1. The van der Waals surface area contributed by atoms with Crippen molar-refractivity contribution in [3.63, 3.8) is 0 Å². The third-order valence-corrected chi connectivity index (χ3v) is 4.87. The van der Waals surface area contributed by atoms with Gasteiger partial charge in [0.05, 0.1) is 0 Å². The molecule has 6 heteroatoms. The van der Waals surface area contributed by atoms with Gasteiger partial charge in [0.15, 0.2) is 0 Å². The van der Waals surface area contributed by atoms with E-state index in [1.807, 2.05) is 0 Å². The van der Waals surface area contributed by atoms with Crippen molar-refractivity contribution in [1.82, 2.24) is 0 Å². The second-order valence-corrected chi connectivity index (χ2v) is 8.72. The summed E-state index contributed by atoms with van der Waals surface area (Å²) >= 11 is -2.23. The third kappa shape index (κ3) is 2.53. The van der Waals surface area contributed by atoms with E-state index in [0.29, 0.717) is 10.0 Å². The van der Waals surface area contributed by atoms with Crippen LogP contribution in [0.3, 0.4) is 0 Å². The fourth-order valence-electron chi connectivity index (χ4n) is 0.869. The van der Waals surface area contributed by atoms with E-state index in [4.69, 9.17) is 30.7 Å². The van der Waals surface area contributed by atoms with Crippen LogP contribution in [0.2, 0.25) is 0 Å². The Labute approximate surface area is 88.0 Å². The van der Waals surface area contributed by atoms with Gasteiger partial charge in [-0.15, -0.1) is 0 Å². The zero-order valence-corrected chi connectivity index (χ0v) is 9.76. The summed E-state index contributed by atoms with van der Waals surface area (Å²) in [5.74, 6) is -1.03. The van der Waals surface area contributed by atoms with Crippen LogP contribution in [0.15, 0.2) is 18.2 Å². The average Bonchev–Trinajstić information content (AvgIpc) is 2.03. The predicted octanol–water partition coefficient (Wildman–Crippen LogP) is 1.14. The Morgan fingerprint density at radius 3 is 2.54 bits per heavy atom. The first-order chi connectivity index (χ1) is 6.02. The van der Waals surface area contributed by atoms with Crippen LogP contribution in [0, 0.1) is 0 Å². The van der Waals surface area contributed by atoms with Gasteiger partial charge in [-0.1, -0.05) is 0 Å². The molecule has 0 aliphatic carbocycles. The summed E-state index contributed by atoms with van der Waals surface area (Å²) < 4.78 is 0.461. The molecule has 0 heterocycles. The van der Waals surface area contributed by atoms with Crippen LogP contribution in [0.5, 0.6) is 0 Å². The molecule has 3 nitrogen and oxygen atoms in total. The van der Waals surface area contributed by atoms with Crippen molar-refractivity contribution in [1.29, 1.82) is 0 Å². The van der Waals surface area contributed by atoms with Gasteiger partial charge in [0.2, 0.25) is 0 Å². The van der Waals surface area contributed by atoms with Crippen molar-refractivity contribution in [3.8, 4) is 0 Å². The monoisotopic (exact) mass is 281 g/mol. The van der Waals surface area contributed by atoms with E-state index in [1.165, 1.54) is 18.2 Å². The molecule has 0 spiro atoms. The number of carbonyl (C=O) groups is 1. The molecule has 0 fully saturated rings. The van der Waals surface area contributed by atoms with Gasteiger partial charge in [-0.2, -0.15) is 0 Å². The number of halogens is 2. The number of nitrogen functional groups attached to an aromatic ring is 1. The molecule has 0 unspecified atom stereocenters. The van der Waals surface area contributed by atoms with Crippen LogP contribution in [0.4, 0.5) is 5.69 Å². The molecule has 0 saturated carbocycles. The van der Waals surface area contributed by atoms with Gasteiger partial charge in [0.1, 0.15) is 0 Å². The summed E-state index contributed by atoms with van der Waals surface area (Å²) in [6.45, 7) is 0. The Balaban J connectivity index is 3.26. The van der Waals surface area contributed by atoms with Crippen molar-refractivity contribution in [3.05, 3.63) is 23.8 Å². The van der Waals surface area contributed by atoms with Crippen LogP contribution in [0.1, 0.15) is 10.4 Å². The molecule has 1 rings (SSSR count). The molecule has 1 aromatic carbocycles. The van der Waals surface area contributed by atoms with E-state index in [9.17, 15) is 4.79 Å². The first-order valence-corrected chi connectivity index (χ1v) is 9.14. The summed E-state index contributed by atoms with van der Waals surface area (Å²) in [5, 5.41) is 8.77.